The first-order valence-corrected chi connectivity index (χ1v) is 8.98. The number of alkyl halides is 3. The van der Waals surface area contributed by atoms with Crippen molar-refractivity contribution < 1.29 is 37.7 Å². The molecule has 2 amide bonds. The summed E-state index contributed by atoms with van der Waals surface area (Å²) in [6.07, 6.45) is -5.85. The van der Waals surface area contributed by atoms with E-state index in [0.717, 1.165) is 12.1 Å². The maximum Gasteiger partial charge on any atom is 0.417 e. The molecule has 0 spiro atoms. The van der Waals surface area contributed by atoms with Crippen LogP contribution < -0.4 is 4.90 Å². The number of amides is 2. The van der Waals surface area contributed by atoms with E-state index in [4.69, 9.17) is 10.00 Å². The van der Waals surface area contributed by atoms with Crippen LogP contribution in [-0.4, -0.2) is 45.9 Å². The van der Waals surface area contributed by atoms with E-state index in [9.17, 15) is 33.0 Å². The number of imide groups is 1. The number of rotatable bonds is 3. The molecule has 3 saturated heterocycles. The Balaban J connectivity index is 1.81. The van der Waals surface area contributed by atoms with Gasteiger partial charge in [-0.3, -0.25) is 9.59 Å². The molecule has 0 saturated carbocycles. The highest BCUT2D eigenvalue weighted by atomic mass is 19.4. The van der Waals surface area contributed by atoms with Gasteiger partial charge in [0.1, 0.15) is 5.60 Å². The zero-order valence-corrected chi connectivity index (χ0v) is 15.2. The molecule has 3 aliphatic rings. The second kappa shape index (κ2) is 6.01. The van der Waals surface area contributed by atoms with Gasteiger partial charge in [0.25, 0.3) is 0 Å². The predicted octanol–water partition coefficient (Wildman–Crippen LogP) is 1.36. The van der Waals surface area contributed by atoms with Crippen LogP contribution >= 0.6 is 0 Å². The fourth-order valence-corrected chi connectivity index (χ4v) is 5.07. The molecule has 4 rings (SSSR count). The zero-order chi connectivity index (χ0) is 21.4. The predicted molar refractivity (Wildman–Crippen MR) is 90.2 cm³/mol. The fraction of sp³-hybridized carbons (Fsp3) is 0.526. The molecular formula is C19H17F3N2O5. The Morgan fingerprint density at radius 3 is 2.55 bits per heavy atom. The summed E-state index contributed by atoms with van der Waals surface area (Å²) >= 11 is 0. The molecule has 0 aromatic heterocycles. The molecule has 0 radical (unpaired) electrons. The Labute approximate surface area is 163 Å². The van der Waals surface area contributed by atoms with E-state index in [-0.39, 0.29) is 25.1 Å². The average molecular weight is 410 g/mol. The van der Waals surface area contributed by atoms with Crippen molar-refractivity contribution >= 4 is 17.5 Å². The number of aliphatic hydroxyl groups is 2. The monoisotopic (exact) mass is 410 g/mol. The number of nitriles is 1. The number of aliphatic hydroxyl groups excluding tert-OH is 2. The highest BCUT2D eigenvalue weighted by molar-refractivity contribution is 6.23. The van der Waals surface area contributed by atoms with Crippen LogP contribution in [-0.2, 0) is 20.5 Å². The van der Waals surface area contributed by atoms with E-state index in [0.29, 0.717) is 11.0 Å². The van der Waals surface area contributed by atoms with Gasteiger partial charge >= 0.3 is 6.18 Å². The van der Waals surface area contributed by atoms with E-state index < -0.39 is 58.3 Å². The molecule has 1 aromatic carbocycles. The van der Waals surface area contributed by atoms with Crippen molar-refractivity contribution in [2.45, 2.75) is 43.2 Å². The van der Waals surface area contributed by atoms with Gasteiger partial charge in [0.05, 0.1) is 46.4 Å². The molecule has 2 bridgehead atoms. The van der Waals surface area contributed by atoms with Crippen molar-refractivity contribution in [3.8, 4) is 6.07 Å². The molecule has 0 unspecified atom stereocenters. The number of carbonyl (C=O) groups excluding carboxylic acids is 2. The SMILES string of the molecule is C[C@@]12O[C@@](CCO)(C[C@H]1O)[C@@H]1C(=O)N(c3ccc(C#N)c(C(F)(F)F)c3)C(=O)[C@@H]12. The topological polar surface area (TPSA) is 111 Å². The Kier molecular flexibility index (Phi) is 4.11. The molecule has 2 N–H and O–H groups in total. The lowest BCUT2D eigenvalue weighted by Crippen LogP contribution is -2.49. The second-order valence-corrected chi connectivity index (χ2v) is 7.85. The highest BCUT2D eigenvalue weighted by Gasteiger charge is 2.76. The molecule has 1 aromatic rings. The molecule has 154 valence electrons. The lowest BCUT2D eigenvalue weighted by atomic mass is 9.66. The van der Waals surface area contributed by atoms with Gasteiger partial charge in [-0.25, -0.2) is 4.90 Å². The summed E-state index contributed by atoms with van der Waals surface area (Å²) in [5.41, 5.74) is -4.79. The summed E-state index contributed by atoms with van der Waals surface area (Å²) in [6, 6.07) is 4.09. The molecule has 5 atom stereocenters. The van der Waals surface area contributed by atoms with Gasteiger partial charge in [-0.2, -0.15) is 18.4 Å². The van der Waals surface area contributed by atoms with Crippen LogP contribution in [0.3, 0.4) is 0 Å². The number of nitrogens with zero attached hydrogens (tertiary/aromatic N) is 2. The van der Waals surface area contributed by atoms with Gasteiger partial charge in [-0.15, -0.1) is 0 Å². The molecule has 3 heterocycles. The molecule has 29 heavy (non-hydrogen) atoms. The number of hydrogen-bond donors (Lipinski definition) is 2. The van der Waals surface area contributed by atoms with Crippen LogP contribution in [0.5, 0.6) is 0 Å². The largest absolute Gasteiger partial charge is 0.417 e. The van der Waals surface area contributed by atoms with Gasteiger partial charge in [-0.1, -0.05) is 0 Å². The van der Waals surface area contributed by atoms with Crippen molar-refractivity contribution in [1.29, 1.82) is 5.26 Å². The van der Waals surface area contributed by atoms with Gasteiger partial charge < -0.3 is 14.9 Å². The average Bonchev–Trinajstić information content (AvgIpc) is 3.16. The van der Waals surface area contributed by atoms with Crippen molar-refractivity contribution in [1.82, 2.24) is 0 Å². The van der Waals surface area contributed by atoms with Crippen LogP contribution in [0.4, 0.5) is 18.9 Å². The van der Waals surface area contributed by atoms with Crippen molar-refractivity contribution in [3.05, 3.63) is 29.3 Å². The summed E-state index contributed by atoms with van der Waals surface area (Å²) < 4.78 is 45.8. The summed E-state index contributed by atoms with van der Waals surface area (Å²) in [5.74, 6) is -3.59. The minimum absolute atomic E-state index is 0.00878. The second-order valence-electron chi connectivity index (χ2n) is 7.85. The van der Waals surface area contributed by atoms with Crippen molar-refractivity contribution in [2.75, 3.05) is 11.5 Å². The molecule has 0 aliphatic carbocycles. The summed E-state index contributed by atoms with van der Waals surface area (Å²) in [7, 11) is 0. The number of halogens is 3. The first-order valence-electron chi connectivity index (χ1n) is 8.98. The first-order chi connectivity index (χ1) is 13.5. The quantitative estimate of drug-likeness (QED) is 0.728. The Bertz CT molecular complexity index is 958. The summed E-state index contributed by atoms with van der Waals surface area (Å²) in [6.45, 7) is 1.15. The smallest absolute Gasteiger partial charge is 0.396 e. The standard InChI is InChI=1S/C19H17F3N2O5/c1-17-12(26)7-18(29-17,4-5-25)14-13(17)15(27)24(16(14)28)10-3-2-9(8-23)11(6-10)19(20,21)22/h2-3,6,12-14,25-26H,4-5,7H2,1H3/t12-,13-,14+,17-,18+/m1/s1. The van der Waals surface area contributed by atoms with Crippen LogP contribution in [0.2, 0.25) is 0 Å². The molecule has 10 heteroatoms. The number of carbonyl (C=O) groups is 2. The van der Waals surface area contributed by atoms with Gasteiger partial charge in [-0.05, 0) is 25.1 Å². The number of benzene rings is 1. The summed E-state index contributed by atoms with van der Waals surface area (Å²) in [4.78, 5) is 26.9. The van der Waals surface area contributed by atoms with E-state index in [2.05, 4.69) is 0 Å². The number of fused-ring (bicyclic) bond motifs is 5. The van der Waals surface area contributed by atoms with Crippen LogP contribution in [0, 0.1) is 23.2 Å². The van der Waals surface area contributed by atoms with Crippen LogP contribution in [0.15, 0.2) is 18.2 Å². The number of ether oxygens (including phenoxy) is 1. The number of anilines is 1. The van der Waals surface area contributed by atoms with Crippen LogP contribution in [0.25, 0.3) is 0 Å². The third kappa shape index (κ3) is 2.48. The highest BCUT2D eigenvalue weighted by Crippen LogP contribution is 2.62. The normalized spacial score (nSPS) is 35.9. The molecule has 3 fully saturated rings. The van der Waals surface area contributed by atoms with E-state index >= 15 is 0 Å². The third-order valence-corrected chi connectivity index (χ3v) is 6.34. The molecule has 7 nitrogen and oxygen atoms in total. The van der Waals surface area contributed by atoms with Gasteiger partial charge in [0, 0.05) is 19.4 Å². The third-order valence-electron chi connectivity index (χ3n) is 6.34. The van der Waals surface area contributed by atoms with Crippen LogP contribution in [0.1, 0.15) is 30.9 Å². The van der Waals surface area contributed by atoms with E-state index in [1.165, 1.54) is 13.0 Å². The molecule has 3 aliphatic heterocycles. The Morgan fingerprint density at radius 1 is 1.31 bits per heavy atom. The number of hydrogen-bond acceptors (Lipinski definition) is 6. The summed E-state index contributed by atoms with van der Waals surface area (Å²) in [5, 5.41) is 28.8. The zero-order valence-electron chi connectivity index (χ0n) is 15.2. The van der Waals surface area contributed by atoms with E-state index in [1.807, 2.05) is 0 Å². The van der Waals surface area contributed by atoms with Gasteiger partial charge in [0.15, 0.2) is 0 Å². The maximum absolute atomic E-state index is 13.3. The maximum atomic E-state index is 13.3. The fourth-order valence-electron chi connectivity index (χ4n) is 5.07. The van der Waals surface area contributed by atoms with Crippen molar-refractivity contribution in [3.63, 3.8) is 0 Å². The first kappa shape index (κ1) is 19.8. The minimum atomic E-state index is -4.84. The lowest BCUT2D eigenvalue weighted by Gasteiger charge is -2.33. The van der Waals surface area contributed by atoms with Gasteiger partial charge in [0.2, 0.25) is 11.8 Å². The Hall–Kier alpha value is -2.48. The Morgan fingerprint density at radius 2 is 1.97 bits per heavy atom. The van der Waals surface area contributed by atoms with Crippen molar-refractivity contribution in [2.24, 2.45) is 11.8 Å². The minimum Gasteiger partial charge on any atom is -0.396 e. The molecular weight excluding hydrogens is 393 g/mol. The van der Waals surface area contributed by atoms with E-state index in [1.54, 1.807) is 0 Å². The lowest BCUT2D eigenvalue weighted by molar-refractivity contribution is -0.138.